The number of aromatic nitrogens is 2. The van der Waals surface area contributed by atoms with Crippen LogP contribution in [-0.4, -0.2) is 29.1 Å². The van der Waals surface area contributed by atoms with Crippen molar-refractivity contribution in [1.82, 2.24) is 15.3 Å². The number of hydrogen-bond donors (Lipinski definition) is 1. The number of hydrogen-bond acceptors (Lipinski definition) is 4. The Morgan fingerprint density at radius 1 is 1.21 bits per heavy atom. The molecule has 2 atom stereocenters. The molecule has 1 aliphatic heterocycles. The fraction of sp³-hybridized carbons (Fsp3) is 0.733. The summed E-state index contributed by atoms with van der Waals surface area (Å²) in [5, 5.41) is 3.31. The van der Waals surface area contributed by atoms with Gasteiger partial charge in [0.05, 0.1) is 0 Å². The second kappa shape index (κ2) is 5.87. The summed E-state index contributed by atoms with van der Waals surface area (Å²) >= 11 is 0. The Hall–Kier alpha value is -1.16. The number of nitrogens with one attached hydrogen (secondary N) is 1. The van der Waals surface area contributed by atoms with Crippen LogP contribution in [0.5, 0.6) is 0 Å². The van der Waals surface area contributed by atoms with Gasteiger partial charge in [0, 0.05) is 37.1 Å². The van der Waals surface area contributed by atoms with Crippen molar-refractivity contribution in [3.8, 4) is 0 Å². The third-order valence-electron chi connectivity index (χ3n) is 4.52. The largest absolute Gasteiger partial charge is 0.338 e. The van der Waals surface area contributed by atoms with Crippen LogP contribution >= 0.6 is 0 Å². The highest BCUT2D eigenvalue weighted by atomic mass is 15.3. The van der Waals surface area contributed by atoms with E-state index in [1.54, 1.807) is 0 Å². The molecular weight excluding hydrogens is 236 g/mol. The maximum atomic E-state index is 4.59. The zero-order valence-electron chi connectivity index (χ0n) is 11.8. The van der Waals surface area contributed by atoms with Crippen LogP contribution in [0.15, 0.2) is 12.4 Å². The maximum absolute atomic E-state index is 4.59. The van der Waals surface area contributed by atoms with Crippen LogP contribution in [0.2, 0.25) is 0 Å². The average molecular weight is 260 g/mol. The zero-order chi connectivity index (χ0) is 13.1. The molecule has 4 heteroatoms. The van der Waals surface area contributed by atoms with E-state index in [9.17, 15) is 0 Å². The molecule has 1 N–H and O–H groups in total. The summed E-state index contributed by atoms with van der Waals surface area (Å²) in [7, 11) is 0. The Kier molecular flexibility index (Phi) is 3.97. The van der Waals surface area contributed by atoms with Gasteiger partial charge in [-0.2, -0.15) is 0 Å². The highest BCUT2D eigenvalue weighted by molar-refractivity contribution is 5.33. The summed E-state index contributed by atoms with van der Waals surface area (Å²) in [4.78, 5) is 11.6. The molecule has 4 nitrogen and oxygen atoms in total. The number of nitrogens with zero attached hydrogens (tertiary/aromatic N) is 3. The van der Waals surface area contributed by atoms with E-state index >= 15 is 0 Å². The van der Waals surface area contributed by atoms with E-state index in [-0.39, 0.29) is 0 Å². The van der Waals surface area contributed by atoms with E-state index in [1.807, 2.05) is 12.4 Å². The number of rotatable bonds is 4. The van der Waals surface area contributed by atoms with Crippen LogP contribution in [-0.2, 0) is 6.54 Å². The van der Waals surface area contributed by atoms with Gasteiger partial charge in [-0.3, -0.25) is 0 Å². The molecule has 0 aromatic carbocycles. The van der Waals surface area contributed by atoms with Crippen LogP contribution in [0.4, 0.5) is 5.95 Å². The van der Waals surface area contributed by atoms with Crippen molar-refractivity contribution in [2.45, 2.75) is 51.6 Å². The molecule has 1 saturated carbocycles. The number of anilines is 1. The molecule has 1 aromatic heterocycles. The first kappa shape index (κ1) is 12.9. The monoisotopic (exact) mass is 260 g/mol. The summed E-state index contributed by atoms with van der Waals surface area (Å²) in [5.41, 5.74) is 1.17. The molecule has 0 radical (unpaired) electrons. The van der Waals surface area contributed by atoms with Gasteiger partial charge in [-0.05, 0) is 38.1 Å². The lowest BCUT2D eigenvalue weighted by atomic mass is 9.92. The number of piperidine rings is 1. The van der Waals surface area contributed by atoms with E-state index in [0.29, 0.717) is 6.04 Å². The SMILES string of the molecule is CCNCc1cnc(N2CCCC3CCCC32)nc1. The Labute approximate surface area is 115 Å². The minimum atomic E-state index is 0.702. The lowest BCUT2D eigenvalue weighted by Crippen LogP contribution is -2.43. The molecular formula is C15H24N4. The smallest absolute Gasteiger partial charge is 0.225 e. The maximum Gasteiger partial charge on any atom is 0.225 e. The zero-order valence-corrected chi connectivity index (χ0v) is 11.8. The third kappa shape index (κ3) is 2.73. The predicted octanol–water partition coefficient (Wildman–Crippen LogP) is 2.36. The van der Waals surface area contributed by atoms with Crippen molar-refractivity contribution < 1.29 is 0 Å². The van der Waals surface area contributed by atoms with Gasteiger partial charge in [-0.15, -0.1) is 0 Å². The Morgan fingerprint density at radius 2 is 2.00 bits per heavy atom. The van der Waals surface area contributed by atoms with E-state index in [0.717, 1.165) is 31.5 Å². The summed E-state index contributed by atoms with van der Waals surface area (Å²) in [5.74, 6) is 1.83. The van der Waals surface area contributed by atoms with Crippen LogP contribution in [0.1, 0.15) is 44.6 Å². The van der Waals surface area contributed by atoms with Crippen LogP contribution in [0.25, 0.3) is 0 Å². The second-order valence-electron chi connectivity index (χ2n) is 5.77. The molecule has 0 bridgehead atoms. The average Bonchev–Trinajstić information content (AvgIpc) is 2.94. The van der Waals surface area contributed by atoms with Crippen LogP contribution < -0.4 is 10.2 Å². The summed E-state index contributed by atoms with van der Waals surface area (Å²) < 4.78 is 0. The van der Waals surface area contributed by atoms with E-state index in [4.69, 9.17) is 0 Å². The standard InChI is InChI=1S/C15H24N4/c1-2-16-9-12-10-17-15(18-11-12)19-8-4-6-13-5-3-7-14(13)19/h10-11,13-14,16H,2-9H2,1H3. The molecule has 1 aliphatic carbocycles. The van der Waals surface area contributed by atoms with Crippen LogP contribution in [0.3, 0.4) is 0 Å². The predicted molar refractivity (Wildman–Crippen MR) is 77.1 cm³/mol. The fourth-order valence-corrected chi connectivity index (χ4v) is 3.56. The Balaban J connectivity index is 1.70. The van der Waals surface area contributed by atoms with Crippen molar-refractivity contribution in [3.63, 3.8) is 0 Å². The molecule has 2 heterocycles. The minimum absolute atomic E-state index is 0.702. The lowest BCUT2D eigenvalue weighted by molar-refractivity contribution is 0.358. The van der Waals surface area contributed by atoms with Crippen molar-refractivity contribution in [2.24, 2.45) is 5.92 Å². The highest BCUT2D eigenvalue weighted by Gasteiger charge is 2.35. The summed E-state index contributed by atoms with van der Waals surface area (Å²) in [6.07, 6.45) is 10.8. The van der Waals surface area contributed by atoms with Gasteiger partial charge in [0.1, 0.15) is 0 Å². The van der Waals surface area contributed by atoms with Gasteiger partial charge in [0.15, 0.2) is 0 Å². The topological polar surface area (TPSA) is 41.1 Å². The summed E-state index contributed by atoms with van der Waals surface area (Å²) in [6.45, 7) is 5.09. The molecule has 2 unspecified atom stereocenters. The normalized spacial score (nSPS) is 26.5. The van der Waals surface area contributed by atoms with Crippen LogP contribution in [0, 0.1) is 5.92 Å². The van der Waals surface area contributed by atoms with Gasteiger partial charge in [-0.1, -0.05) is 13.3 Å². The van der Waals surface area contributed by atoms with Crippen molar-refractivity contribution in [3.05, 3.63) is 18.0 Å². The van der Waals surface area contributed by atoms with Gasteiger partial charge in [-0.25, -0.2) is 9.97 Å². The number of fused-ring (bicyclic) bond motifs is 1. The van der Waals surface area contributed by atoms with E-state index < -0.39 is 0 Å². The third-order valence-corrected chi connectivity index (χ3v) is 4.52. The minimum Gasteiger partial charge on any atom is -0.338 e. The molecule has 0 amide bonds. The molecule has 2 aliphatic rings. The first-order chi connectivity index (χ1) is 9.38. The Morgan fingerprint density at radius 3 is 2.79 bits per heavy atom. The fourth-order valence-electron chi connectivity index (χ4n) is 3.56. The van der Waals surface area contributed by atoms with Gasteiger partial charge in [0.25, 0.3) is 0 Å². The lowest BCUT2D eigenvalue weighted by Gasteiger charge is -2.37. The first-order valence-electron chi connectivity index (χ1n) is 7.66. The molecule has 3 rings (SSSR count). The molecule has 2 fully saturated rings. The Bertz CT molecular complexity index is 403. The first-order valence-corrected chi connectivity index (χ1v) is 7.66. The highest BCUT2D eigenvalue weighted by Crippen LogP contribution is 2.37. The quantitative estimate of drug-likeness (QED) is 0.902. The van der Waals surface area contributed by atoms with E-state index in [1.165, 1.54) is 37.7 Å². The molecule has 0 spiro atoms. The molecule has 104 valence electrons. The second-order valence-corrected chi connectivity index (χ2v) is 5.77. The van der Waals surface area contributed by atoms with Crippen molar-refractivity contribution in [1.29, 1.82) is 0 Å². The molecule has 19 heavy (non-hydrogen) atoms. The van der Waals surface area contributed by atoms with Crippen molar-refractivity contribution >= 4 is 5.95 Å². The van der Waals surface area contributed by atoms with E-state index in [2.05, 4.69) is 27.1 Å². The molecule has 1 aromatic rings. The molecule has 1 saturated heterocycles. The van der Waals surface area contributed by atoms with Gasteiger partial charge >= 0.3 is 0 Å². The van der Waals surface area contributed by atoms with Crippen molar-refractivity contribution in [2.75, 3.05) is 18.0 Å². The van der Waals surface area contributed by atoms with Gasteiger partial charge < -0.3 is 10.2 Å². The summed E-state index contributed by atoms with van der Waals surface area (Å²) in [6, 6.07) is 0.702. The van der Waals surface area contributed by atoms with Gasteiger partial charge in [0.2, 0.25) is 5.95 Å².